The molecule has 3 N–H and O–H groups in total. The van der Waals surface area contributed by atoms with Crippen LogP contribution in [0.3, 0.4) is 0 Å². The van der Waals surface area contributed by atoms with E-state index < -0.39 is 0 Å². The van der Waals surface area contributed by atoms with Crippen molar-refractivity contribution in [2.24, 2.45) is 5.73 Å². The molecule has 1 unspecified atom stereocenters. The molecule has 84 valence electrons. The van der Waals surface area contributed by atoms with Gasteiger partial charge in [-0.15, -0.1) is 0 Å². The molecule has 0 bridgehead atoms. The van der Waals surface area contributed by atoms with E-state index in [4.69, 9.17) is 10.5 Å². The summed E-state index contributed by atoms with van der Waals surface area (Å²) in [7, 11) is 0. The average Bonchev–Trinajstić information content (AvgIpc) is 2.14. The van der Waals surface area contributed by atoms with Gasteiger partial charge in [0.25, 0.3) is 0 Å². The van der Waals surface area contributed by atoms with Crippen LogP contribution in [0.1, 0.15) is 39.5 Å². The van der Waals surface area contributed by atoms with E-state index in [1.165, 1.54) is 6.42 Å². The number of nitrogens with one attached hydrogen (secondary N) is 1. The smallest absolute Gasteiger partial charge is 0.0483 e. The number of hydrogen-bond acceptors (Lipinski definition) is 3. The third kappa shape index (κ3) is 4.40. The molecule has 0 aliphatic carbocycles. The molecule has 14 heavy (non-hydrogen) atoms. The van der Waals surface area contributed by atoms with E-state index >= 15 is 0 Å². The Bertz CT molecular complexity index is 153. The largest absolute Gasteiger partial charge is 0.381 e. The lowest BCUT2D eigenvalue weighted by Crippen LogP contribution is -2.47. The van der Waals surface area contributed by atoms with Crippen LogP contribution >= 0.6 is 0 Å². The molecule has 1 heterocycles. The fraction of sp³-hybridized carbons (Fsp3) is 1.00. The molecule has 1 atom stereocenters. The second-order valence-electron chi connectivity index (χ2n) is 4.72. The van der Waals surface area contributed by atoms with E-state index in [0.29, 0.717) is 11.6 Å². The summed E-state index contributed by atoms with van der Waals surface area (Å²) in [5.74, 6) is 0. The average molecular weight is 200 g/mol. The summed E-state index contributed by atoms with van der Waals surface area (Å²) in [5, 5.41) is 3.62. The van der Waals surface area contributed by atoms with E-state index in [1.807, 2.05) is 0 Å². The molecule has 1 fully saturated rings. The van der Waals surface area contributed by atoms with Gasteiger partial charge >= 0.3 is 0 Å². The maximum Gasteiger partial charge on any atom is 0.0483 e. The van der Waals surface area contributed by atoms with Crippen LogP contribution in [0.25, 0.3) is 0 Å². The Labute approximate surface area is 87.4 Å². The predicted molar refractivity (Wildman–Crippen MR) is 59.3 cm³/mol. The van der Waals surface area contributed by atoms with Gasteiger partial charge in [-0.1, -0.05) is 0 Å². The lowest BCUT2D eigenvalue weighted by molar-refractivity contribution is 0.0452. The Hall–Kier alpha value is -0.120. The highest BCUT2D eigenvalue weighted by Gasteiger charge is 2.25. The van der Waals surface area contributed by atoms with Crippen molar-refractivity contribution in [2.45, 2.75) is 51.1 Å². The topological polar surface area (TPSA) is 47.3 Å². The van der Waals surface area contributed by atoms with E-state index in [0.717, 1.165) is 39.0 Å². The Morgan fingerprint density at radius 1 is 1.43 bits per heavy atom. The molecule has 0 aromatic carbocycles. The summed E-state index contributed by atoms with van der Waals surface area (Å²) >= 11 is 0. The number of hydrogen-bond donors (Lipinski definition) is 2. The molecule has 3 nitrogen and oxygen atoms in total. The van der Waals surface area contributed by atoms with E-state index in [9.17, 15) is 0 Å². The molecule has 1 saturated heterocycles. The lowest BCUT2D eigenvalue weighted by Gasteiger charge is -2.34. The van der Waals surface area contributed by atoms with Crippen LogP contribution in [-0.4, -0.2) is 31.3 Å². The summed E-state index contributed by atoms with van der Waals surface area (Å²) in [6, 6.07) is 0.333. The van der Waals surface area contributed by atoms with Gasteiger partial charge < -0.3 is 15.8 Å². The second-order valence-corrected chi connectivity index (χ2v) is 4.72. The first kappa shape index (κ1) is 12.0. The molecule has 0 spiro atoms. The second kappa shape index (κ2) is 5.69. The maximum atomic E-state index is 5.70. The Kier molecular flexibility index (Phi) is 4.85. The molecule has 0 saturated carbocycles. The van der Waals surface area contributed by atoms with Gasteiger partial charge in [-0.2, -0.15) is 0 Å². The van der Waals surface area contributed by atoms with Crippen molar-refractivity contribution < 1.29 is 4.74 Å². The highest BCUT2D eigenvalue weighted by molar-refractivity contribution is 4.85. The van der Waals surface area contributed by atoms with E-state index in [2.05, 4.69) is 19.2 Å². The normalized spacial score (nSPS) is 23.4. The third-order valence-corrected chi connectivity index (χ3v) is 2.98. The monoisotopic (exact) mass is 200 g/mol. The van der Waals surface area contributed by atoms with Crippen LogP contribution in [-0.2, 0) is 4.74 Å². The molecule has 1 aliphatic rings. The fourth-order valence-electron chi connectivity index (χ4n) is 1.81. The van der Waals surface area contributed by atoms with Crippen molar-refractivity contribution in [2.75, 3.05) is 19.8 Å². The van der Waals surface area contributed by atoms with Gasteiger partial charge in [-0.05, 0) is 46.1 Å². The maximum absolute atomic E-state index is 5.70. The fourth-order valence-corrected chi connectivity index (χ4v) is 1.81. The van der Waals surface area contributed by atoms with Gasteiger partial charge in [-0.25, -0.2) is 0 Å². The zero-order valence-electron chi connectivity index (χ0n) is 9.51. The summed E-state index contributed by atoms with van der Waals surface area (Å²) in [5.41, 5.74) is 6.00. The van der Waals surface area contributed by atoms with E-state index in [-0.39, 0.29) is 0 Å². The quantitative estimate of drug-likeness (QED) is 0.657. The van der Waals surface area contributed by atoms with Crippen LogP contribution in [0.5, 0.6) is 0 Å². The summed E-state index contributed by atoms with van der Waals surface area (Å²) < 4.78 is 5.35. The van der Waals surface area contributed by atoms with Gasteiger partial charge in [0.05, 0.1) is 0 Å². The predicted octanol–water partition coefficient (Wildman–Crippen LogP) is 1.27. The highest BCUT2D eigenvalue weighted by atomic mass is 16.5. The standard InChI is InChI=1S/C11H24N2O/c1-10(12)4-3-7-13-11(2)5-8-14-9-6-11/h10,13H,3-9,12H2,1-2H3. The van der Waals surface area contributed by atoms with E-state index in [1.54, 1.807) is 0 Å². The molecule has 1 aliphatic heterocycles. The summed E-state index contributed by atoms with van der Waals surface area (Å²) in [6.45, 7) is 7.24. The van der Waals surface area contributed by atoms with Gasteiger partial charge in [0, 0.05) is 24.8 Å². The van der Waals surface area contributed by atoms with Crippen molar-refractivity contribution >= 4 is 0 Å². The molecule has 0 aromatic rings. The van der Waals surface area contributed by atoms with Crippen LogP contribution in [0, 0.1) is 0 Å². The molecule has 0 radical (unpaired) electrons. The van der Waals surface area contributed by atoms with Crippen molar-refractivity contribution in [1.82, 2.24) is 5.32 Å². The lowest BCUT2D eigenvalue weighted by atomic mass is 9.92. The summed E-state index contributed by atoms with van der Waals surface area (Å²) in [6.07, 6.45) is 4.55. The van der Waals surface area contributed by atoms with Crippen LogP contribution in [0.2, 0.25) is 0 Å². The SMILES string of the molecule is CC(N)CCCNC1(C)CCOCC1. The molecule has 0 aromatic heterocycles. The Morgan fingerprint density at radius 2 is 2.07 bits per heavy atom. The molecule has 1 rings (SSSR count). The molecular weight excluding hydrogens is 176 g/mol. The van der Waals surface area contributed by atoms with Gasteiger partial charge in [0.2, 0.25) is 0 Å². The number of ether oxygens (including phenoxy) is 1. The highest BCUT2D eigenvalue weighted by Crippen LogP contribution is 2.19. The number of nitrogens with two attached hydrogens (primary N) is 1. The number of rotatable bonds is 5. The summed E-state index contributed by atoms with van der Waals surface area (Å²) in [4.78, 5) is 0. The molecule has 3 heteroatoms. The first-order chi connectivity index (χ1) is 6.62. The van der Waals surface area contributed by atoms with Gasteiger partial charge in [0.15, 0.2) is 0 Å². The molecule has 0 amide bonds. The zero-order chi connectivity index (χ0) is 10.4. The Balaban J connectivity index is 2.09. The zero-order valence-corrected chi connectivity index (χ0v) is 9.51. The van der Waals surface area contributed by atoms with Crippen LogP contribution in [0.4, 0.5) is 0 Å². The minimum absolute atomic E-state index is 0.302. The third-order valence-electron chi connectivity index (χ3n) is 2.98. The Morgan fingerprint density at radius 3 is 2.64 bits per heavy atom. The van der Waals surface area contributed by atoms with Crippen molar-refractivity contribution in [3.63, 3.8) is 0 Å². The van der Waals surface area contributed by atoms with Crippen molar-refractivity contribution in [3.8, 4) is 0 Å². The first-order valence-electron chi connectivity index (χ1n) is 5.71. The van der Waals surface area contributed by atoms with Gasteiger partial charge in [0.1, 0.15) is 0 Å². The van der Waals surface area contributed by atoms with Crippen molar-refractivity contribution in [1.29, 1.82) is 0 Å². The minimum Gasteiger partial charge on any atom is -0.381 e. The van der Waals surface area contributed by atoms with Crippen LogP contribution in [0.15, 0.2) is 0 Å². The van der Waals surface area contributed by atoms with Crippen LogP contribution < -0.4 is 11.1 Å². The minimum atomic E-state index is 0.302. The first-order valence-corrected chi connectivity index (χ1v) is 5.71. The van der Waals surface area contributed by atoms with Crippen molar-refractivity contribution in [3.05, 3.63) is 0 Å². The van der Waals surface area contributed by atoms with Gasteiger partial charge in [-0.3, -0.25) is 0 Å². The molecular formula is C11H24N2O.